The van der Waals surface area contributed by atoms with E-state index < -0.39 is 10.8 Å². The van der Waals surface area contributed by atoms with E-state index in [2.05, 4.69) is 10.5 Å². The quantitative estimate of drug-likeness (QED) is 0.336. The van der Waals surface area contributed by atoms with Gasteiger partial charge in [0.1, 0.15) is 0 Å². The molecule has 1 heterocycles. The Morgan fingerprint density at radius 3 is 2.80 bits per heavy atom. The van der Waals surface area contributed by atoms with Crippen molar-refractivity contribution >= 4 is 16.6 Å². The second kappa shape index (κ2) is 6.85. The molecule has 1 aliphatic rings. The second-order valence-electron chi connectivity index (χ2n) is 5.13. The minimum absolute atomic E-state index is 0.127. The van der Waals surface area contributed by atoms with E-state index in [1.807, 2.05) is 25.1 Å². The molecule has 2 rings (SSSR count). The van der Waals surface area contributed by atoms with Crippen LogP contribution in [-0.2, 0) is 17.3 Å². The fourth-order valence-corrected chi connectivity index (χ4v) is 3.66. The molecule has 0 bridgehead atoms. The van der Waals surface area contributed by atoms with E-state index in [1.54, 1.807) is 0 Å². The van der Waals surface area contributed by atoms with Gasteiger partial charge in [-0.2, -0.15) is 0 Å². The SMILES string of the molecule is Cc1cc(/C(N)=N/O)ccc1CNC1CCS(=O)CC1. The summed E-state index contributed by atoms with van der Waals surface area (Å²) >= 11 is 0. The summed E-state index contributed by atoms with van der Waals surface area (Å²) in [6.07, 6.45) is 1.96. The summed E-state index contributed by atoms with van der Waals surface area (Å²) in [5, 5.41) is 15.2. The van der Waals surface area contributed by atoms with Gasteiger partial charge >= 0.3 is 0 Å². The van der Waals surface area contributed by atoms with Gasteiger partial charge in [0, 0.05) is 40.5 Å². The van der Waals surface area contributed by atoms with Gasteiger partial charge in [-0.15, -0.1) is 0 Å². The maximum atomic E-state index is 11.3. The second-order valence-corrected chi connectivity index (χ2v) is 6.83. The summed E-state index contributed by atoms with van der Waals surface area (Å²) in [5.41, 5.74) is 8.61. The first kappa shape index (κ1) is 15.0. The van der Waals surface area contributed by atoms with Crippen LogP contribution < -0.4 is 11.1 Å². The molecule has 20 heavy (non-hydrogen) atoms. The Kier molecular flexibility index (Phi) is 5.14. The summed E-state index contributed by atoms with van der Waals surface area (Å²) < 4.78 is 11.3. The van der Waals surface area contributed by atoms with Crippen LogP contribution in [0, 0.1) is 6.92 Å². The third-order valence-corrected chi connectivity index (χ3v) is 5.10. The highest BCUT2D eigenvalue weighted by molar-refractivity contribution is 7.85. The highest BCUT2D eigenvalue weighted by Crippen LogP contribution is 2.14. The first-order valence-electron chi connectivity index (χ1n) is 6.76. The maximum Gasteiger partial charge on any atom is 0.170 e. The van der Waals surface area contributed by atoms with E-state index in [4.69, 9.17) is 10.9 Å². The molecule has 0 radical (unpaired) electrons. The molecule has 4 N–H and O–H groups in total. The zero-order valence-electron chi connectivity index (χ0n) is 11.6. The van der Waals surface area contributed by atoms with Crippen molar-refractivity contribution in [3.8, 4) is 0 Å². The van der Waals surface area contributed by atoms with Crippen LogP contribution in [0.25, 0.3) is 0 Å². The van der Waals surface area contributed by atoms with Crippen LogP contribution in [0.5, 0.6) is 0 Å². The minimum atomic E-state index is -0.614. The number of nitrogens with zero attached hydrogens (tertiary/aromatic N) is 1. The lowest BCUT2D eigenvalue weighted by Crippen LogP contribution is -2.35. The summed E-state index contributed by atoms with van der Waals surface area (Å²) in [4.78, 5) is 0. The predicted molar refractivity (Wildman–Crippen MR) is 81.4 cm³/mol. The Morgan fingerprint density at radius 1 is 1.50 bits per heavy atom. The lowest BCUT2D eigenvalue weighted by molar-refractivity contribution is 0.318. The molecule has 0 atom stereocenters. The average molecular weight is 295 g/mol. The number of nitrogens with two attached hydrogens (primary N) is 1. The maximum absolute atomic E-state index is 11.3. The summed E-state index contributed by atoms with van der Waals surface area (Å²) in [7, 11) is -0.614. The number of aryl methyl sites for hydroxylation is 1. The van der Waals surface area contributed by atoms with Crippen molar-refractivity contribution in [1.82, 2.24) is 5.32 Å². The van der Waals surface area contributed by atoms with Crippen LogP contribution in [0.1, 0.15) is 29.5 Å². The molecule has 1 fully saturated rings. The highest BCUT2D eigenvalue weighted by atomic mass is 32.2. The zero-order valence-corrected chi connectivity index (χ0v) is 12.4. The lowest BCUT2D eigenvalue weighted by atomic mass is 10.0. The van der Waals surface area contributed by atoms with Gasteiger partial charge in [0.2, 0.25) is 0 Å². The third kappa shape index (κ3) is 3.80. The van der Waals surface area contributed by atoms with Gasteiger partial charge in [-0.1, -0.05) is 17.3 Å². The van der Waals surface area contributed by atoms with E-state index >= 15 is 0 Å². The van der Waals surface area contributed by atoms with Crippen LogP contribution in [0.4, 0.5) is 0 Å². The molecule has 0 saturated carbocycles. The van der Waals surface area contributed by atoms with Crippen LogP contribution in [0.15, 0.2) is 23.4 Å². The Hall–Kier alpha value is -1.40. The number of nitrogens with one attached hydrogen (secondary N) is 1. The topological polar surface area (TPSA) is 87.7 Å². The van der Waals surface area contributed by atoms with Crippen LogP contribution in [-0.4, -0.2) is 32.8 Å². The van der Waals surface area contributed by atoms with Crippen molar-refractivity contribution in [1.29, 1.82) is 0 Å². The minimum Gasteiger partial charge on any atom is -0.409 e. The molecule has 1 saturated heterocycles. The van der Waals surface area contributed by atoms with Crippen molar-refractivity contribution in [2.45, 2.75) is 32.4 Å². The zero-order chi connectivity index (χ0) is 14.5. The number of rotatable bonds is 4. The lowest BCUT2D eigenvalue weighted by Gasteiger charge is -2.23. The van der Waals surface area contributed by atoms with Crippen molar-refractivity contribution in [3.63, 3.8) is 0 Å². The number of oxime groups is 1. The van der Waals surface area contributed by atoms with Crippen LogP contribution >= 0.6 is 0 Å². The van der Waals surface area contributed by atoms with Crippen LogP contribution in [0.2, 0.25) is 0 Å². The number of amidine groups is 1. The molecule has 1 aromatic carbocycles. The molecule has 0 amide bonds. The van der Waals surface area contributed by atoms with Gasteiger partial charge < -0.3 is 16.3 Å². The third-order valence-electron chi connectivity index (χ3n) is 3.72. The van der Waals surface area contributed by atoms with Gasteiger partial charge in [-0.25, -0.2) is 0 Å². The Balaban J connectivity index is 1.95. The van der Waals surface area contributed by atoms with Gasteiger partial charge in [0.25, 0.3) is 0 Å². The van der Waals surface area contributed by atoms with Crippen LogP contribution in [0.3, 0.4) is 0 Å². The monoisotopic (exact) mass is 295 g/mol. The highest BCUT2D eigenvalue weighted by Gasteiger charge is 2.17. The average Bonchev–Trinajstić information content (AvgIpc) is 2.46. The number of hydrogen-bond donors (Lipinski definition) is 3. The summed E-state index contributed by atoms with van der Waals surface area (Å²) in [6, 6.07) is 6.23. The molecule has 110 valence electrons. The van der Waals surface area contributed by atoms with Crippen molar-refractivity contribution in [2.75, 3.05) is 11.5 Å². The van der Waals surface area contributed by atoms with E-state index in [0.29, 0.717) is 6.04 Å². The first-order valence-corrected chi connectivity index (χ1v) is 8.24. The largest absolute Gasteiger partial charge is 0.409 e. The van der Waals surface area contributed by atoms with Gasteiger partial charge in [0.05, 0.1) is 0 Å². The summed E-state index contributed by atoms with van der Waals surface area (Å²) in [5.74, 6) is 1.74. The van der Waals surface area contributed by atoms with Crippen molar-refractivity contribution < 1.29 is 9.42 Å². The Labute approximate surface area is 121 Å². The normalized spacial score (nSPS) is 23.8. The Morgan fingerprint density at radius 2 is 2.20 bits per heavy atom. The molecule has 0 unspecified atom stereocenters. The molecule has 1 aliphatic heterocycles. The van der Waals surface area contributed by atoms with E-state index in [9.17, 15) is 4.21 Å². The smallest absolute Gasteiger partial charge is 0.170 e. The van der Waals surface area contributed by atoms with Gasteiger partial charge in [0.15, 0.2) is 5.84 Å². The van der Waals surface area contributed by atoms with Crippen molar-refractivity contribution in [2.24, 2.45) is 10.9 Å². The van der Waals surface area contributed by atoms with E-state index in [-0.39, 0.29) is 5.84 Å². The van der Waals surface area contributed by atoms with E-state index in [0.717, 1.165) is 42.0 Å². The molecule has 1 aromatic rings. The molecule has 6 heteroatoms. The number of hydrogen-bond acceptors (Lipinski definition) is 4. The van der Waals surface area contributed by atoms with Gasteiger partial charge in [-0.3, -0.25) is 4.21 Å². The van der Waals surface area contributed by atoms with Gasteiger partial charge in [-0.05, 0) is 37.0 Å². The molecule has 5 nitrogen and oxygen atoms in total. The predicted octanol–water partition coefficient (Wildman–Crippen LogP) is 1.09. The molecule has 0 aliphatic carbocycles. The Bertz CT molecular complexity index is 521. The fourth-order valence-electron chi connectivity index (χ4n) is 2.36. The first-order chi connectivity index (χ1) is 9.60. The molecule has 0 spiro atoms. The molecule has 0 aromatic heterocycles. The standard InChI is InChI=1S/C14H21N3O2S/c1-10-8-11(14(15)17-18)2-3-12(10)9-16-13-4-6-20(19)7-5-13/h2-3,8,13,16,18H,4-7,9H2,1H3,(H2,15,17). The number of benzene rings is 1. The van der Waals surface area contributed by atoms with Crippen molar-refractivity contribution in [3.05, 3.63) is 34.9 Å². The van der Waals surface area contributed by atoms with E-state index in [1.165, 1.54) is 5.56 Å². The molecular weight excluding hydrogens is 274 g/mol. The molecular formula is C14H21N3O2S. The fraction of sp³-hybridized carbons (Fsp3) is 0.500. The summed E-state index contributed by atoms with van der Waals surface area (Å²) in [6.45, 7) is 2.81.